The van der Waals surface area contributed by atoms with Crippen molar-refractivity contribution in [2.75, 3.05) is 11.4 Å². The molecule has 23 heavy (non-hydrogen) atoms. The molecule has 1 aromatic heterocycles. The highest BCUT2D eigenvalue weighted by molar-refractivity contribution is 5.47. The second-order valence-corrected chi connectivity index (χ2v) is 6.40. The Bertz CT molecular complexity index is 740. The van der Waals surface area contributed by atoms with Gasteiger partial charge in [0.05, 0.1) is 0 Å². The Morgan fingerprint density at radius 2 is 1.74 bits per heavy atom. The number of benzene rings is 1. The zero-order chi connectivity index (χ0) is 15.6. The lowest BCUT2D eigenvalue weighted by Gasteiger charge is -2.24. The first-order valence-corrected chi connectivity index (χ1v) is 8.30. The van der Waals surface area contributed by atoms with Crippen LogP contribution in [0.3, 0.4) is 0 Å². The molecular weight excluding hydrogens is 287 g/mol. The molecule has 1 saturated heterocycles. The van der Waals surface area contributed by atoms with Crippen molar-refractivity contribution in [3.63, 3.8) is 0 Å². The molecule has 2 aromatic rings. The minimum Gasteiger partial charge on any atom is -0.353 e. The molecule has 2 atom stereocenters. The summed E-state index contributed by atoms with van der Waals surface area (Å²) in [6.45, 7) is 1.13. The highest BCUT2D eigenvalue weighted by Gasteiger charge is 2.37. The van der Waals surface area contributed by atoms with Crippen LogP contribution in [-0.2, 0) is 0 Å². The predicted molar refractivity (Wildman–Crippen MR) is 89.7 cm³/mol. The Balaban J connectivity index is 1.49. The summed E-state index contributed by atoms with van der Waals surface area (Å²) in [5.74, 6) is 7.84. The Labute approximate surface area is 136 Å². The molecule has 1 aromatic carbocycles. The van der Waals surface area contributed by atoms with E-state index in [2.05, 4.69) is 27.8 Å². The second-order valence-electron chi connectivity index (χ2n) is 6.40. The van der Waals surface area contributed by atoms with Crippen LogP contribution in [0.5, 0.6) is 0 Å². The van der Waals surface area contributed by atoms with Crippen molar-refractivity contribution in [3.05, 3.63) is 59.5 Å². The van der Waals surface area contributed by atoms with Gasteiger partial charge in [0.25, 0.3) is 0 Å². The maximum absolute atomic E-state index is 12.9. The molecule has 2 unspecified atom stereocenters. The topological polar surface area (TPSA) is 16.1 Å². The van der Waals surface area contributed by atoms with E-state index < -0.39 is 0 Å². The van der Waals surface area contributed by atoms with Crippen molar-refractivity contribution in [3.8, 4) is 11.8 Å². The minimum absolute atomic E-state index is 0.239. The third-order valence-electron chi connectivity index (χ3n) is 5.00. The first kappa shape index (κ1) is 14.3. The van der Waals surface area contributed by atoms with Gasteiger partial charge in [-0.1, -0.05) is 18.3 Å². The summed E-state index contributed by atoms with van der Waals surface area (Å²) in [6, 6.07) is 11.0. The van der Waals surface area contributed by atoms with Gasteiger partial charge in [-0.25, -0.2) is 9.37 Å². The van der Waals surface area contributed by atoms with E-state index in [4.69, 9.17) is 0 Å². The van der Waals surface area contributed by atoms with Crippen molar-refractivity contribution >= 4 is 5.82 Å². The highest BCUT2D eigenvalue weighted by Crippen LogP contribution is 2.39. The van der Waals surface area contributed by atoms with Crippen LogP contribution in [0.15, 0.2) is 42.6 Å². The van der Waals surface area contributed by atoms with Gasteiger partial charge in [-0.3, -0.25) is 0 Å². The Morgan fingerprint density at radius 3 is 2.52 bits per heavy atom. The number of fused-ring (bicyclic) bond motifs is 1. The molecule has 0 radical (unpaired) electrons. The van der Waals surface area contributed by atoms with Gasteiger partial charge in [-0.05, 0) is 61.6 Å². The highest BCUT2D eigenvalue weighted by atomic mass is 19.1. The number of anilines is 1. The van der Waals surface area contributed by atoms with E-state index in [1.54, 1.807) is 12.1 Å². The molecule has 4 rings (SSSR count). The van der Waals surface area contributed by atoms with Crippen LogP contribution in [-0.4, -0.2) is 17.6 Å². The van der Waals surface area contributed by atoms with E-state index in [9.17, 15) is 4.39 Å². The first-order chi connectivity index (χ1) is 11.3. The lowest BCUT2D eigenvalue weighted by atomic mass is 10.0. The number of nitrogens with zero attached hydrogens (tertiary/aromatic N) is 2. The monoisotopic (exact) mass is 306 g/mol. The Kier molecular flexibility index (Phi) is 3.75. The normalized spacial score (nSPS) is 22.6. The summed E-state index contributed by atoms with van der Waals surface area (Å²) in [7, 11) is 0. The van der Waals surface area contributed by atoms with Gasteiger partial charge in [-0.15, -0.1) is 0 Å². The zero-order valence-electron chi connectivity index (χ0n) is 13.0. The average Bonchev–Trinajstić information content (AvgIpc) is 3.18. The van der Waals surface area contributed by atoms with Crippen LogP contribution >= 0.6 is 0 Å². The van der Waals surface area contributed by atoms with Crippen LogP contribution in [0.1, 0.15) is 36.8 Å². The Hall–Kier alpha value is -2.34. The molecule has 1 aliphatic heterocycles. The predicted octanol–water partition coefficient (Wildman–Crippen LogP) is 4.00. The van der Waals surface area contributed by atoms with E-state index in [0.29, 0.717) is 6.04 Å². The van der Waals surface area contributed by atoms with Gasteiger partial charge < -0.3 is 4.90 Å². The van der Waals surface area contributed by atoms with Gasteiger partial charge in [0.2, 0.25) is 0 Å². The maximum Gasteiger partial charge on any atom is 0.128 e. The smallest absolute Gasteiger partial charge is 0.128 e. The standard InChI is InChI=1S/C20H19FN2/c21-18-9-6-15(7-10-18)4-5-16-8-11-20(22-14-16)23-13-12-17-2-1-3-19(17)23/h6-11,14,17,19H,1-3,12-13H2. The summed E-state index contributed by atoms with van der Waals surface area (Å²) in [4.78, 5) is 7.08. The molecule has 0 N–H and O–H groups in total. The van der Waals surface area contributed by atoms with Crippen molar-refractivity contribution in [1.29, 1.82) is 0 Å². The van der Waals surface area contributed by atoms with Gasteiger partial charge in [0, 0.05) is 29.9 Å². The van der Waals surface area contributed by atoms with Crippen LogP contribution in [0, 0.1) is 23.6 Å². The molecule has 1 saturated carbocycles. The van der Waals surface area contributed by atoms with Crippen molar-refractivity contribution in [2.45, 2.75) is 31.7 Å². The molecule has 0 amide bonds. The molecular formula is C20H19FN2. The SMILES string of the molecule is Fc1ccc(C#Cc2ccc(N3CCC4CCCC43)nc2)cc1. The summed E-state index contributed by atoms with van der Waals surface area (Å²) >= 11 is 0. The molecule has 3 heteroatoms. The van der Waals surface area contributed by atoms with E-state index in [1.165, 1.54) is 37.8 Å². The molecule has 2 aliphatic rings. The maximum atomic E-state index is 12.9. The van der Waals surface area contributed by atoms with Crippen molar-refractivity contribution in [2.24, 2.45) is 5.92 Å². The third kappa shape index (κ3) is 2.94. The summed E-state index contributed by atoms with van der Waals surface area (Å²) < 4.78 is 12.9. The minimum atomic E-state index is -0.239. The van der Waals surface area contributed by atoms with Gasteiger partial charge >= 0.3 is 0 Å². The van der Waals surface area contributed by atoms with Crippen molar-refractivity contribution < 1.29 is 4.39 Å². The van der Waals surface area contributed by atoms with Crippen molar-refractivity contribution in [1.82, 2.24) is 4.98 Å². The zero-order valence-corrected chi connectivity index (χ0v) is 13.0. The van der Waals surface area contributed by atoms with E-state index in [0.717, 1.165) is 29.4 Å². The quantitative estimate of drug-likeness (QED) is 0.740. The summed E-state index contributed by atoms with van der Waals surface area (Å²) in [5.41, 5.74) is 1.70. The van der Waals surface area contributed by atoms with Crippen LogP contribution in [0.4, 0.5) is 10.2 Å². The fourth-order valence-corrected chi connectivity index (χ4v) is 3.83. The molecule has 2 fully saturated rings. The fourth-order valence-electron chi connectivity index (χ4n) is 3.83. The third-order valence-corrected chi connectivity index (χ3v) is 5.00. The van der Waals surface area contributed by atoms with Crippen LogP contribution in [0.2, 0.25) is 0 Å². The number of halogens is 1. The average molecular weight is 306 g/mol. The van der Waals surface area contributed by atoms with Crippen LogP contribution < -0.4 is 4.90 Å². The summed E-state index contributed by atoms with van der Waals surface area (Å²) in [5, 5.41) is 0. The molecule has 1 aliphatic carbocycles. The second kappa shape index (κ2) is 6.04. The molecule has 0 spiro atoms. The lowest BCUT2D eigenvalue weighted by Crippen LogP contribution is -2.30. The number of aromatic nitrogens is 1. The van der Waals surface area contributed by atoms with Crippen LogP contribution in [0.25, 0.3) is 0 Å². The molecule has 2 nitrogen and oxygen atoms in total. The number of hydrogen-bond donors (Lipinski definition) is 0. The van der Waals surface area contributed by atoms with E-state index in [-0.39, 0.29) is 5.82 Å². The molecule has 0 bridgehead atoms. The number of pyridine rings is 1. The largest absolute Gasteiger partial charge is 0.353 e. The fraction of sp³-hybridized carbons (Fsp3) is 0.350. The summed E-state index contributed by atoms with van der Waals surface area (Å²) in [6.07, 6.45) is 7.18. The molecule has 116 valence electrons. The van der Waals surface area contributed by atoms with E-state index in [1.807, 2.05) is 12.3 Å². The molecule has 2 heterocycles. The number of hydrogen-bond acceptors (Lipinski definition) is 2. The van der Waals surface area contributed by atoms with Gasteiger partial charge in [-0.2, -0.15) is 0 Å². The van der Waals surface area contributed by atoms with E-state index >= 15 is 0 Å². The van der Waals surface area contributed by atoms with Gasteiger partial charge in [0.15, 0.2) is 0 Å². The first-order valence-electron chi connectivity index (χ1n) is 8.30. The Morgan fingerprint density at radius 1 is 0.957 bits per heavy atom. The lowest BCUT2D eigenvalue weighted by molar-refractivity contribution is 0.540. The number of rotatable bonds is 1. The van der Waals surface area contributed by atoms with Gasteiger partial charge in [0.1, 0.15) is 11.6 Å².